The average molecular weight is 307 g/mol. The molecule has 0 spiro atoms. The first-order chi connectivity index (χ1) is 7.48. The van der Waals surface area contributed by atoms with Gasteiger partial charge in [-0.05, 0) is 59.6 Å². The first-order valence-corrected chi connectivity index (χ1v) is 6.91. The van der Waals surface area contributed by atoms with Crippen LogP contribution in [0.4, 0.5) is 0 Å². The van der Waals surface area contributed by atoms with Crippen LogP contribution in [0.15, 0.2) is 15.2 Å². The number of nitrogens with one attached hydrogen (secondary N) is 1. The Morgan fingerprint density at radius 2 is 2.31 bits per heavy atom. The molecule has 1 aromatic heterocycles. The summed E-state index contributed by atoms with van der Waals surface area (Å²) in [5.74, 6) is 5.58. The van der Waals surface area contributed by atoms with E-state index in [2.05, 4.69) is 46.6 Å². The zero-order chi connectivity index (χ0) is 12.2. The standard InChI is InChI=1S/C11H19BrN2OS/c1-11(2,15-3)5-4-9(14-13)8-6-10(12)16-7-8/h6-7,9,14H,4-5,13H2,1-3H3. The fraction of sp³-hybridized carbons (Fsp3) is 0.636. The van der Waals surface area contributed by atoms with Crippen LogP contribution in [0.3, 0.4) is 0 Å². The second kappa shape index (κ2) is 6.12. The molecule has 1 heterocycles. The van der Waals surface area contributed by atoms with Crippen molar-refractivity contribution in [2.45, 2.75) is 38.3 Å². The minimum absolute atomic E-state index is 0.0949. The second-order valence-electron chi connectivity index (χ2n) is 4.41. The van der Waals surface area contributed by atoms with Crippen LogP contribution >= 0.6 is 27.3 Å². The fourth-order valence-corrected chi connectivity index (χ4v) is 2.68. The molecule has 5 heteroatoms. The zero-order valence-electron chi connectivity index (χ0n) is 9.92. The Morgan fingerprint density at radius 1 is 1.62 bits per heavy atom. The topological polar surface area (TPSA) is 47.3 Å². The van der Waals surface area contributed by atoms with Gasteiger partial charge >= 0.3 is 0 Å². The van der Waals surface area contributed by atoms with Crippen LogP contribution < -0.4 is 11.3 Å². The van der Waals surface area contributed by atoms with Gasteiger partial charge in [-0.15, -0.1) is 11.3 Å². The molecule has 16 heavy (non-hydrogen) atoms. The predicted molar refractivity (Wildman–Crippen MR) is 72.4 cm³/mol. The van der Waals surface area contributed by atoms with Crippen LogP contribution in [0.1, 0.15) is 38.3 Å². The fourth-order valence-electron chi connectivity index (χ4n) is 1.45. The smallest absolute Gasteiger partial charge is 0.0701 e. The molecule has 0 radical (unpaired) electrons. The molecular weight excluding hydrogens is 288 g/mol. The highest BCUT2D eigenvalue weighted by molar-refractivity contribution is 9.11. The number of nitrogens with two attached hydrogens (primary N) is 1. The molecule has 0 aliphatic rings. The van der Waals surface area contributed by atoms with Crippen molar-refractivity contribution in [3.05, 3.63) is 20.8 Å². The number of halogens is 1. The number of hydrogen-bond donors (Lipinski definition) is 2. The van der Waals surface area contributed by atoms with E-state index in [0.717, 1.165) is 16.6 Å². The second-order valence-corrected chi connectivity index (χ2v) is 6.70. The Kier molecular flexibility index (Phi) is 5.40. The number of rotatable bonds is 6. The summed E-state index contributed by atoms with van der Waals surface area (Å²) < 4.78 is 6.53. The van der Waals surface area contributed by atoms with E-state index in [0.29, 0.717) is 0 Å². The summed E-state index contributed by atoms with van der Waals surface area (Å²) in [5.41, 5.74) is 3.99. The van der Waals surface area contributed by atoms with Crippen LogP contribution in [0.25, 0.3) is 0 Å². The van der Waals surface area contributed by atoms with Crippen molar-refractivity contribution in [2.75, 3.05) is 7.11 Å². The molecular formula is C11H19BrN2OS. The van der Waals surface area contributed by atoms with Gasteiger partial charge in [0.2, 0.25) is 0 Å². The Morgan fingerprint density at radius 3 is 2.75 bits per heavy atom. The van der Waals surface area contributed by atoms with Crippen molar-refractivity contribution in [1.29, 1.82) is 0 Å². The van der Waals surface area contributed by atoms with Gasteiger partial charge in [-0.2, -0.15) is 0 Å². The SMILES string of the molecule is COC(C)(C)CCC(NN)c1csc(Br)c1. The molecule has 1 rings (SSSR count). The predicted octanol–water partition coefficient (Wildman–Crippen LogP) is 3.22. The Labute approximate surface area is 109 Å². The highest BCUT2D eigenvalue weighted by Gasteiger charge is 2.20. The molecule has 1 aromatic rings. The number of methoxy groups -OCH3 is 1. The van der Waals surface area contributed by atoms with Crippen molar-refractivity contribution < 1.29 is 4.74 Å². The van der Waals surface area contributed by atoms with E-state index in [1.54, 1.807) is 18.4 Å². The molecule has 0 aromatic carbocycles. The maximum Gasteiger partial charge on any atom is 0.0701 e. The van der Waals surface area contributed by atoms with Gasteiger partial charge in [-0.1, -0.05) is 0 Å². The van der Waals surface area contributed by atoms with Crippen molar-refractivity contribution in [2.24, 2.45) is 5.84 Å². The lowest BCUT2D eigenvalue weighted by atomic mass is 9.96. The van der Waals surface area contributed by atoms with E-state index in [4.69, 9.17) is 10.6 Å². The summed E-state index contributed by atoms with van der Waals surface area (Å²) in [6, 6.07) is 2.30. The van der Waals surface area contributed by atoms with E-state index >= 15 is 0 Å². The molecule has 0 bridgehead atoms. The van der Waals surface area contributed by atoms with E-state index in [9.17, 15) is 0 Å². The lowest BCUT2D eigenvalue weighted by molar-refractivity contribution is 0.0117. The van der Waals surface area contributed by atoms with Crippen LogP contribution in [0.5, 0.6) is 0 Å². The van der Waals surface area contributed by atoms with E-state index in [1.165, 1.54) is 5.56 Å². The summed E-state index contributed by atoms with van der Waals surface area (Å²) in [7, 11) is 1.74. The van der Waals surface area contributed by atoms with Crippen LogP contribution in [-0.4, -0.2) is 12.7 Å². The van der Waals surface area contributed by atoms with Crippen LogP contribution in [-0.2, 0) is 4.74 Å². The van der Waals surface area contributed by atoms with Crippen molar-refractivity contribution in [3.8, 4) is 0 Å². The Bertz CT molecular complexity index is 328. The molecule has 3 N–H and O–H groups in total. The van der Waals surface area contributed by atoms with Gasteiger partial charge in [-0.25, -0.2) is 0 Å². The first kappa shape index (κ1) is 14.1. The zero-order valence-corrected chi connectivity index (χ0v) is 12.3. The molecule has 92 valence electrons. The number of hydrogen-bond acceptors (Lipinski definition) is 4. The maximum absolute atomic E-state index is 5.58. The molecule has 0 aliphatic heterocycles. The summed E-state index contributed by atoms with van der Waals surface area (Å²) in [4.78, 5) is 0. The summed E-state index contributed by atoms with van der Waals surface area (Å²) in [6.45, 7) is 4.17. The normalized spacial score (nSPS) is 14.1. The number of hydrazine groups is 1. The first-order valence-electron chi connectivity index (χ1n) is 5.24. The van der Waals surface area contributed by atoms with Crippen molar-refractivity contribution in [1.82, 2.24) is 5.43 Å². The summed E-state index contributed by atoms with van der Waals surface area (Å²) in [5, 5.41) is 2.12. The Balaban J connectivity index is 2.56. The van der Waals surface area contributed by atoms with E-state index in [-0.39, 0.29) is 11.6 Å². The quantitative estimate of drug-likeness (QED) is 0.626. The van der Waals surface area contributed by atoms with Crippen molar-refractivity contribution >= 4 is 27.3 Å². The van der Waals surface area contributed by atoms with Crippen LogP contribution in [0.2, 0.25) is 0 Å². The van der Waals surface area contributed by atoms with E-state index < -0.39 is 0 Å². The highest BCUT2D eigenvalue weighted by Crippen LogP contribution is 2.29. The molecule has 0 saturated carbocycles. The third kappa shape index (κ3) is 4.14. The van der Waals surface area contributed by atoms with Gasteiger partial charge in [-0.3, -0.25) is 11.3 Å². The van der Waals surface area contributed by atoms with Gasteiger partial charge in [0.05, 0.1) is 9.39 Å². The van der Waals surface area contributed by atoms with Gasteiger partial charge in [0.15, 0.2) is 0 Å². The monoisotopic (exact) mass is 306 g/mol. The number of ether oxygens (including phenoxy) is 1. The third-order valence-electron chi connectivity index (χ3n) is 2.78. The highest BCUT2D eigenvalue weighted by atomic mass is 79.9. The summed E-state index contributed by atoms with van der Waals surface area (Å²) >= 11 is 5.14. The molecule has 0 aliphatic carbocycles. The minimum Gasteiger partial charge on any atom is -0.379 e. The lowest BCUT2D eigenvalue weighted by Gasteiger charge is -2.25. The molecule has 0 saturated heterocycles. The van der Waals surface area contributed by atoms with Crippen LogP contribution in [0, 0.1) is 0 Å². The van der Waals surface area contributed by atoms with Gasteiger partial charge < -0.3 is 4.74 Å². The molecule has 0 fully saturated rings. The van der Waals surface area contributed by atoms with Gasteiger partial charge in [0.1, 0.15) is 0 Å². The molecule has 1 atom stereocenters. The summed E-state index contributed by atoms with van der Waals surface area (Å²) in [6.07, 6.45) is 1.92. The molecule has 0 amide bonds. The van der Waals surface area contributed by atoms with Crippen molar-refractivity contribution in [3.63, 3.8) is 0 Å². The van der Waals surface area contributed by atoms with Gasteiger partial charge in [0.25, 0.3) is 0 Å². The Hall–Kier alpha value is 0.0600. The largest absolute Gasteiger partial charge is 0.379 e. The lowest BCUT2D eigenvalue weighted by Crippen LogP contribution is -2.31. The molecule has 1 unspecified atom stereocenters. The average Bonchev–Trinajstić information content (AvgIpc) is 2.66. The molecule has 3 nitrogen and oxygen atoms in total. The maximum atomic E-state index is 5.58. The van der Waals surface area contributed by atoms with Gasteiger partial charge in [0, 0.05) is 13.2 Å². The third-order valence-corrected chi connectivity index (χ3v) is 4.30. The number of thiophene rings is 1. The van der Waals surface area contributed by atoms with E-state index in [1.807, 2.05) is 0 Å². The minimum atomic E-state index is -0.0949.